The standard InChI is InChI=1S/C23H19ClFN5O3S/c24-16-5-13(22(26)27)6-17(25)15(16)9-29-4-2-12-1-3-28(10-18(12)29)8-14-11-34-20-7-19(31)30(20)21(14)23(32)33/h1-6,10,20H,7-9,11H2,(H3-,26,27,32,33)/p+1. The van der Waals surface area contributed by atoms with Crippen LogP contribution in [0.15, 0.2) is 54.1 Å². The van der Waals surface area contributed by atoms with Crippen LogP contribution in [0.5, 0.6) is 0 Å². The molecule has 2 aliphatic rings. The van der Waals surface area contributed by atoms with Crippen LogP contribution in [0.4, 0.5) is 4.39 Å². The van der Waals surface area contributed by atoms with Crippen LogP contribution < -0.4 is 10.3 Å². The third-order valence-electron chi connectivity index (χ3n) is 6.06. The zero-order valence-electron chi connectivity index (χ0n) is 17.8. The molecule has 0 aliphatic carbocycles. The highest BCUT2D eigenvalue weighted by atomic mass is 35.5. The molecular formula is C23H20ClFN5O3S+. The molecule has 4 heterocycles. The van der Waals surface area contributed by atoms with Gasteiger partial charge in [-0.15, -0.1) is 11.8 Å². The molecule has 1 saturated heterocycles. The first-order chi connectivity index (χ1) is 16.2. The van der Waals surface area contributed by atoms with E-state index in [0.717, 1.165) is 10.9 Å². The van der Waals surface area contributed by atoms with Crippen LogP contribution in [0, 0.1) is 11.2 Å². The molecule has 0 saturated carbocycles. The van der Waals surface area contributed by atoms with Gasteiger partial charge in [-0.05, 0) is 18.2 Å². The Balaban J connectivity index is 1.47. The number of rotatable bonds is 6. The summed E-state index contributed by atoms with van der Waals surface area (Å²) in [5, 5.41) is 18.2. The maximum atomic E-state index is 14.7. The summed E-state index contributed by atoms with van der Waals surface area (Å²) >= 11 is 7.86. The Morgan fingerprint density at radius 3 is 2.85 bits per heavy atom. The molecule has 2 aliphatic heterocycles. The van der Waals surface area contributed by atoms with Crippen LogP contribution in [0.3, 0.4) is 0 Å². The van der Waals surface area contributed by atoms with Crippen LogP contribution in [-0.2, 0) is 22.7 Å². The SMILES string of the molecule is N=C(N)c1cc(F)c(Cn2ccc3cc[n+](CC4=C(C(=O)O)N5C(=O)CC5SC4)cc32)c(Cl)c1. The second kappa shape index (κ2) is 8.44. The summed E-state index contributed by atoms with van der Waals surface area (Å²) in [5.41, 5.74) is 7.50. The van der Waals surface area contributed by atoms with Crippen molar-refractivity contribution < 1.29 is 23.7 Å². The molecule has 1 fully saturated rings. The van der Waals surface area contributed by atoms with Crippen LogP contribution in [0.1, 0.15) is 17.5 Å². The maximum Gasteiger partial charge on any atom is 0.352 e. The fourth-order valence-corrected chi connectivity index (χ4v) is 5.83. The molecule has 11 heteroatoms. The summed E-state index contributed by atoms with van der Waals surface area (Å²) < 4.78 is 18.4. The number of pyridine rings is 1. The van der Waals surface area contributed by atoms with Gasteiger partial charge in [0.1, 0.15) is 22.9 Å². The lowest BCUT2D eigenvalue weighted by molar-refractivity contribution is -0.687. The molecule has 3 aromatic rings. The number of nitrogen functional groups attached to an aromatic ring is 1. The number of hydrogen-bond donors (Lipinski definition) is 3. The van der Waals surface area contributed by atoms with Crippen molar-refractivity contribution in [3.8, 4) is 0 Å². The third-order valence-corrected chi connectivity index (χ3v) is 7.68. The summed E-state index contributed by atoms with van der Waals surface area (Å²) in [4.78, 5) is 25.3. The molecule has 1 aromatic carbocycles. The van der Waals surface area contributed by atoms with Gasteiger partial charge >= 0.3 is 5.97 Å². The smallest absolute Gasteiger partial charge is 0.352 e. The topological polar surface area (TPSA) is 116 Å². The van der Waals surface area contributed by atoms with Crippen LogP contribution in [0.2, 0.25) is 5.02 Å². The van der Waals surface area contributed by atoms with Gasteiger partial charge in [-0.25, -0.2) is 9.18 Å². The molecule has 0 radical (unpaired) electrons. The number of hydrogen-bond acceptors (Lipinski definition) is 4. The molecule has 8 nitrogen and oxygen atoms in total. The minimum Gasteiger partial charge on any atom is -0.477 e. The van der Waals surface area contributed by atoms with Gasteiger partial charge in [0.2, 0.25) is 5.91 Å². The van der Waals surface area contributed by atoms with Gasteiger partial charge in [-0.1, -0.05) is 11.6 Å². The van der Waals surface area contributed by atoms with Gasteiger partial charge in [0.25, 0.3) is 0 Å². The molecule has 1 atom stereocenters. The minimum atomic E-state index is -1.10. The zero-order chi connectivity index (χ0) is 24.1. The second-order valence-electron chi connectivity index (χ2n) is 8.22. The first-order valence-electron chi connectivity index (χ1n) is 10.4. The average Bonchev–Trinajstić information content (AvgIpc) is 3.17. The fraction of sp³-hybridized carbons (Fsp3) is 0.217. The van der Waals surface area contributed by atoms with Gasteiger partial charge in [-0.2, -0.15) is 4.57 Å². The Morgan fingerprint density at radius 2 is 2.18 bits per heavy atom. The fourth-order valence-electron chi connectivity index (χ4n) is 4.30. The Kier molecular flexibility index (Phi) is 5.57. The van der Waals surface area contributed by atoms with E-state index in [1.54, 1.807) is 11.8 Å². The number of aliphatic carboxylic acids is 1. The highest BCUT2D eigenvalue weighted by Crippen LogP contribution is 2.40. The number of carboxylic acids is 1. The summed E-state index contributed by atoms with van der Waals surface area (Å²) in [7, 11) is 0. The lowest BCUT2D eigenvalue weighted by atomic mass is 10.1. The van der Waals surface area contributed by atoms with Crippen LogP contribution in [0.25, 0.3) is 10.9 Å². The van der Waals surface area contributed by atoms with E-state index in [-0.39, 0.29) is 45.5 Å². The van der Waals surface area contributed by atoms with E-state index in [0.29, 0.717) is 24.3 Å². The quantitative estimate of drug-likeness (QED) is 0.208. The number of thioether (sulfide) groups is 1. The first-order valence-corrected chi connectivity index (χ1v) is 11.8. The lowest BCUT2D eigenvalue weighted by Crippen LogP contribution is -2.54. The number of aromatic nitrogens is 2. The monoisotopic (exact) mass is 500 g/mol. The van der Waals surface area contributed by atoms with E-state index < -0.39 is 11.8 Å². The Bertz CT molecular complexity index is 1400. The number of amides is 1. The number of carbonyl (C=O) groups excluding carboxylic acids is 1. The van der Waals surface area contributed by atoms with E-state index in [9.17, 15) is 19.1 Å². The minimum absolute atomic E-state index is 0.0717. The summed E-state index contributed by atoms with van der Waals surface area (Å²) in [6.07, 6.45) is 5.91. The number of amidine groups is 1. The predicted octanol–water partition coefficient (Wildman–Crippen LogP) is 2.70. The molecule has 0 spiro atoms. The number of β-lactam (4-membered cyclic amide) rings is 1. The highest BCUT2D eigenvalue weighted by molar-refractivity contribution is 8.00. The van der Waals surface area contributed by atoms with Crippen molar-refractivity contribution in [1.29, 1.82) is 5.41 Å². The maximum absolute atomic E-state index is 14.7. The lowest BCUT2D eigenvalue weighted by Gasteiger charge is -2.43. The predicted molar refractivity (Wildman–Crippen MR) is 126 cm³/mol. The number of nitrogens with one attached hydrogen (secondary N) is 1. The molecule has 1 amide bonds. The van der Waals surface area contributed by atoms with Crippen molar-refractivity contribution in [2.24, 2.45) is 5.73 Å². The van der Waals surface area contributed by atoms with E-state index in [2.05, 4.69) is 0 Å². The van der Waals surface area contributed by atoms with Gasteiger partial charge in [0.15, 0.2) is 18.9 Å². The van der Waals surface area contributed by atoms with Crippen LogP contribution >= 0.6 is 23.4 Å². The molecule has 0 bridgehead atoms. The molecular weight excluding hydrogens is 481 g/mol. The molecule has 34 heavy (non-hydrogen) atoms. The Morgan fingerprint density at radius 1 is 1.38 bits per heavy atom. The largest absolute Gasteiger partial charge is 0.477 e. The number of halogens is 2. The van der Waals surface area contributed by atoms with E-state index in [1.807, 2.05) is 39.9 Å². The van der Waals surface area contributed by atoms with Crippen LogP contribution in [-0.4, -0.2) is 43.4 Å². The number of carboxylic acid groups (broad SMARTS) is 1. The van der Waals surface area contributed by atoms with Crippen molar-refractivity contribution in [2.75, 3.05) is 5.75 Å². The van der Waals surface area contributed by atoms with Gasteiger partial charge in [0.05, 0.1) is 18.3 Å². The van der Waals surface area contributed by atoms with E-state index in [1.165, 1.54) is 17.0 Å². The number of benzene rings is 1. The van der Waals surface area contributed by atoms with Crippen molar-refractivity contribution >= 4 is 52.0 Å². The summed E-state index contributed by atoms with van der Waals surface area (Å²) in [6, 6.07) is 6.47. The first kappa shape index (κ1) is 22.4. The van der Waals surface area contributed by atoms with Gasteiger partial charge in [-0.3, -0.25) is 15.1 Å². The van der Waals surface area contributed by atoms with Gasteiger partial charge < -0.3 is 15.4 Å². The molecule has 1 unspecified atom stereocenters. The Hall–Kier alpha value is -3.37. The summed E-state index contributed by atoms with van der Waals surface area (Å²) in [5.74, 6) is -1.55. The number of nitrogens with two attached hydrogens (primary N) is 1. The molecule has 4 N–H and O–H groups in total. The highest BCUT2D eigenvalue weighted by Gasteiger charge is 2.45. The van der Waals surface area contributed by atoms with E-state index in [4.69, 9.17) is 22.7 Å². The van der Waals surface area contributed by atoms with Gasteiger partial charge in [0, 0.05) is 45.1 Å². The van der Waals surface area contributed by atoms with Crippen molar-refractivity contribution in [2.45, 2.75) is 24.9 Å². The summed E-state index contributed by atoms with van der Waals surface area (Å²) in [6.45, 7) is 0.480. The van der Waals surface area contributed by atoms with Crippen molar-refractivity contribution in [1.82, 2.24) is 9.47 Å². The van der Waals surface area contributed by atoms with Crippen molar-refractivity contribution in [3.63, 3.8) is 0 Å². The normalized spacial score (nSPS) is 17.6. The Labute approximate surface area is 202 Å². The van der Waals surface area contributed by atoms with E-state index >= 15 is 0 Å². The molecule has 2 aromatic heterocycles. The molecule has 174 valence electrons. The molecule has 5 rings (SSSR count). The third kappa shape index (κ3) is 3.82. The number of carbonyl (C=O) groups is 2. The average molecular weight is 501 g/mol. The number of nitrogens with zero attached hydrogens (tertiary/aromatic N) is 3. The second-order valence-corrected chi connectivity index (χ2v) is 9.80. The number of fused-ring (bicyclic) bond motifs is 2. The zero-order valence-corrected chi connectivity index (χ0v) is 19.4. The van der Waals surface area contributed by atoms with Crippen molar-refractivity contribution in [3.05, 3.63) is 76.1 Å².